The molecule has 0 heterocycles. The van der Waals surface area contributed by atoms with E-state index in [9.17, 15) is 9.59 Å². The molecule has 13 heavy (non-hydrogen) atoms. The van der Waals surface area contributed by atoms with Gasteiger partial charge in [0.05, 0.1) is 5.57 Å². The number of hydrogen-bond acceptors (Lipinski definition) is 2. The van der Waals surface area contributed by atoms with Crippen molar-refractivity contribution in [1.82, 2.24) is 0 Å². The smallest absolute Gasteiger partial charge is 0.170 e. The van der Waals surface area contributed by atoms with Gasteiger partial charge in [-0.05, 0) is 24.2 Å². The van der Waals surface area contributed by atoms with Crippen LogP contribution >= 0.6 is 0 Å². The number of carbonyl (C=O) groups excluding carboxylic acids is 2. The van der Waals surface area contributed by atoms with Gasteiger partial charge < -0.3 is 0 Å². The molecular weight excluding hydrogens is 164 g/mol. The number of ketones is 1. The van der Waals surface area contributed by atoms with Gasteiger partial charge in [-0.3, -0.25) is 9.59 Å². The average molecular weight is 174 g/mol. The Bertz CT molecular complexity index is 351. The van der Waals surface area contributed by atoms with E-state index in [1.54, 1.807) is 0 Å². The number of aldehydes is 1. The summed E-state index contributed by atoms with van der Waals surface area (Å²) >= 11 is 0. The number of carbonyl (C=O) groups is 2. The minimum Gasteiger partial charge on any atom is -0.298 e. The molecular formula is C11H10O2. The molecule has 0 spiro atoms. The Hall–Kier alpha value is -1.18. The highest BCUT2D eigenvalue weighted by Gasteiger charge is 2.50. The lowest BCUT2D eigenvalue weighted by molar-refractivity contribution is -0.121. The summed E-state index contributed by atoms with van der Waals surface area (Å²) in [5.74, 6) is 1.46. The zero-order valence-corrected chi connectivity index (χ0v) is 7.14. The van der Waals surface area contributed by atoms with Crippen molar-refractivity contribution in [2.45, 2.75) is 6.42 Å². The lowest BCUT2D eigenvalue weighted by Crippen LogP contribution is -2.21. The monoisotopic (exact) mass is 174 g/mol. The molecule has 3 aliphatic rings. The molecule has 0 amide bonds. The van der Waals surface area contributed by atoms with E-state index >= 15 is 0 Å². The Morgan fingerprint density at radius 1 is 1.31 bits per heavy atom. The van der Waals surface area contributed by atoms with E-state index in [0.29, 0.717) is 29.6 Å². The van der Waals surface area contributed by atoms with E-state index in [-0.39, 0.29) is 11.7 Å². The predicted octanol–water partition coefficient (Wildman–Crippen LogP) is 1.13. The Kier molecular flexibility index (Phi) is 1.22. The van der Waals surface area contributed by atoms with Crippen LogP contribution in [-0.4, -0.2) is 12.1 Å². The van der Waals surface area contributed by atoms with Crippen LogP contribution in [0.2, 0.25) is 0 Å². The summed E-state index contributed by atoms with van der Waals surface area (Å²) in [6.07, 6.45) is 8.05. The summed E-state index contributed by atoms with van der Waals surface area (Å²) in [6, 6.07) is 0. The van der Waals surface area contributed by atoms with E-state index < -0.39 is 0 Å². The first kappa shape index (κ1) is 7.25. The summed E-state index contributed by atoms with van der Waals surface area (Å²) in [7, 11) is 0. The number of Topliss-reactive ketones (excluding diaryl/α,β-unsaturated/α-hetero) is 1. The Balaban J connectivity index is 2.04. The van der Waals surface area contributed by atoms with Crippen molar-refractivity contribution in [3.63, 3.8) is 0 Å². The van der Waals surface area contributed by atoms with Crippen molar-refractivity contribution < 1.29 is 9.59 Å². The highest BCUT2D eigenvalue weighted by molar-refractivity contribution is 6.15. The fourth-order valence-corrected chi connectivity index (χ4v) is 3.04. The third-order valence-electron chi connectivity index (χ3n) is 3.61. The van der Waals surface area contributed by atoms with Gasteiger partial charge in [0.25, 0.3) is 0 Å². The quantitative estimate of drug-likeness (QED) is 0.339. The van der Waals surface area contributed by atoms with Gasteiger partial charge in [-0.25, -0.2) is 0 Å². The van der Waals surface area contributed by atoms with E-state index in [0.717, 1.165) is 6.42 Å². The number of hydrogen-bond donors (Lipinski definition) is 0. The third-order valence-corrected chi connectivity index (χ3v) is 3.61. The van der Waals surface area contributed by atoms with Crippen LogP contribution in [0.1, 0.15) is 6.42 Å². The van der Waals surface area contributed by atoms with E-state index in [1.807, 2.05) is 6.08 Å². The lowest BCUT2D eigenvalue weighted by atomic mass is 9.85. The highest BCUT2D eigenvalue weighted by atomic mass is 16.1. The molecule has 0 saturated heterocycles. The van der Waals surface area contributed by atoms with Gasteiger partial charge in [0.1, 0.15) is 0 Å². The molecule has 3 aliphatic carbocycles. The summed E-state index contributed by atoms with van der Waals surface area (Å²) < 4.78 is 0. The van der Waals surface area contributed by atoms with Crippen LogP contribution in [0.5, 0.6) is 0 Å². The van der Waals surface area contributed by atoms with Crippen LogP contribution in [0.3, 0.4) is 0 Å². The SMILES string of the molecule is O=CC1=C[C@H]2[C@@H](C1=O)[C@@H]1C=C[C@H]2C1. The molecule has 0 aromatic rings. The zero-order valence-electron chi connectivity index (χ0n) is 7.14. The molecule has 2 bridgehead atoms. The third kappa shape index (κ3) is 0.736. The summed E-state index contributed by atoms with van der Waals surface area (Å²) in [5.41, 5.74) is 0.411. The van der Waals surface area contributed by atoms with Crippen LogP contribution in [0.25, 0.3) is 0 Å². The molecule has 1 fully saturated rings. The van der Waals surface area contributed by atoms with Crippen LogP contribution < -0.4 is 0 Å². The Labute approximate surface area is 76.3 Å². The average Bonchev–Trinajstić information content (AvgIpc) is 2.76. The van der Waals surface area contributed by atoms with Gasteiger partial charge in [0.15, 0.2) is 12.1 Å². The second-order valence-corrected chi connectivity index (χ2v) is 4.16. The minimum absolute atomic E-state index is 0.0804. The molecule has 0 unspecified atom stereocenters. The Morgan fingerprint density at radius 3 is 2.77 bits per heavy atom. The summed E-state index contributed by atoms with van der Waals surface area (Å²) in [4.78, 5) is 22.2. The van der Waals surface area contributed by atoms with Gasteiger partial charge in [-0.1, -0.05) is 18.2 Å². The van der Waals surface area contributed by atoms with Crippen LogP contribution in [0.15, 0.2) is 23.8 Å². The molecule has 4 atom stereocenters. The lowest BCUT2D eigenvalue weighted by Gasteiger charge is -2.17. The van der Waals surface area contributed by atoms with Crippen molar-refractivity contribution in [2.75, 3.05) is 0 Å². The molecule has 0 aromatic heterocycles. The molecule has 0 aliphatic heterocycles. The van der Waals surface area contributed by atoms with Crippen molar-refractivity contribution >= 4 is 12.1 Å². The fraction of sp³-hybridized carbons (Fsp3) is 0.455. The fourth-order valence-electron chi connectivity index (χ4n) is 3.04. The molecule has 0 aromatic carbocycles. The van der Waals surface area contributed by atoms with Gasteiger partial charge in [-0.15, -0.1) is 0 Å². The van der Waals surface area contributed by atoms with Gasteiger partial charge in [0, 0.05) is 5.92 Å². The highest BCUT2D eigenvalue weighted by Crippen LogP contribution is 2.52. The van der Waals surface area contributed by atoms with Crippen molar-refractivity contribution in [3.05, 3.63) is 23.8 Å². The molecule has 2 nitrogen and oxygen atoms in total. The largest absolute Gasteiger partial charge is 0.298 e. The molecule has 66 valence electrons. The normalized spacial score (nSPS) is 45.2. The first-order valence-corrected chi connectivity index (χ1v) is 4.71. The zero-order chi connectivity index (χ0) is 9.00. The number of rotatable bonds is 1. The van der Waals surface area contributed by atoms with Gasteiger partial charge in [-0.2, -0.15) is 0 Å². The predicted molar refractivity (Wildman–Crippen MR) is 46.9 cm³/mol. The number of allylic oxidation sites excluding steroid dienone is 4. The van der Waals surface area contributed by atoms with Crippen LogP contribution in [0.4, 0.5) is 0 Å². The van der Waals surface area contributed by atoms with Crippen LogP contribution in [0, 0.1) is 23.7 Å². The van der Waals surface area contributed by atoms with Gasteiger partial charge in [0.2, 0.25) is 0 Å². The van der Waals surface area contributed by atoms with Crippen molar-refractivity contribution in [2.24, 2.45) is 23.7 Å². The van der Waals surface area contributed by atoms with Crippen molar-refractivity contribution in [1.29, 1.82) is 0 Å². The van der Waals surface area contributed by atoms with E-state index in [1.165, 1.54) is 0 Å². The first-order valence-electron chi connectivity index (χ1n) is 4.71. The van der Waals surface area contributed by atoms with Crippen molar-refractivity contribution in [3.8, 4) is 0 Å². The topological polar surface area (TPSA) is 34.1 Å². The Morgan fingerprint density at radius 2 is 2.08 bits per heavy atom. The minimum atomic E-state index is 0.0804. The maximum absolute atomic E-state index is 11.7. The van der Waals surface area contributed by atoms with Gasteiger partial charge >= 0.3 is 0 Å². The molecule has 0 radical (unpaired) electrons. The standard InChI is InChI=1S/C11H10O2/c12-5-8-4-9-6-1-2-7(3-6)10(9)11(8)13/h1-2,4-7,9-10H,3H2/t6-,7+,9+,10-/m0/s1. The molecule has 0 N–H and O–H groups in total. The molecule has 3 rings (SSSR count). The molecule has 1 saturated carbocycles. The summed E-state index contributed by atoms with van der Waals surface area (Å²) in [6.45, 7) is 0. The maximum atomic E-state index is 11.7. The second kappa shape index (κ2) is 2.19. The first-order chi connectivity index (χ1) is 6.31. The van der Waals surface area contributed by atoms with E-state index in [4.69, 9.17) is 0 Å². The second-order valence-electron chi connectivity index (χ2n) is 4.16. The van der Waals surface area contributed by atoms with Crippen LogP contribution in [-0.2, 0) is 9.59 Å². The van der Waals surface area contributed by atoms with E-state index in [2.05, 4.69) is 12.2 Å². The molecule has 2 heteroatoms. The number of fused-ring (bicyclic) bond motifs is 5. The summed E-state index contributed by atoms with van der Waals surface area (Å²) in [5, 5.41) is 0. The maximum Gasteiger partial charge on any atom is 0.170 e.